The van der Waals surface area contributed by atoms with Gasteiger partial charge in [0.1, 0.15) is 23.1 Å². The Bertz CT molecular complexity index is 1480. The van der Waals surface area contributed by atoms with Gasteiger partial charge in [-0.3, -0.25) is 39.1 Å². The molecule has 0 saturated carbocycles. The Morgan fingerprint density at radius 3 is 1.54 bits per heavy atom. The highest BCUT2D eigenvalue weighted by Crippen LogP contribution is 2.24. The topological polar surface area (TPSA) is 234 Å². The maximum absolute atomic E-state index is 11.6. The van der Waals surface area contributed by atoms with Crippen molar-refractivity contribution in [3.63, 3.8) is 0 Å². The SMILES string of the molecule is CCOC(=O)CCN.COc1ccc(CN2CCC(=O)CC2)cc1.COc1ccc(CN2CCC3(CC2)NCCC(=O)N3)cc1.Cl.NCCC(N)=O.O=C1CCNCC1. The number of amides is 2. The molecule has 4 aliphatic heterocycles. The van der Waals surface area contributed by atoms with Gasteiger partial charge in [-0.15, -0.1) is 12.4 Å². The molecule has 0 bridgehead atoms. The van der Waals surface area contributed by atoms with Gasteiger partial charge in [0.2, 0.25) is 11.8 Å². The third-order valence-corrected chi connectivity index (χ3v) is 9.65. The number of rotatable bonds is 11. The molecule has 0 radical (unpaired) electrons. The van der Waals surface area contributed by atoms with Gasteiger partial charge in [0, 0.05) is 111 Å². The average Bonchev–Trinajstić information content (AvgIpc) is 3.22. The quantitative estimate of drug-likeness (QED) is 0.178. The first-order valence-electron chi connectivity index (χ1n) is 20.3. The summed E-state index contributed by atoms with van der Waals surface area (Å²) in [5, 5.41) is 9.72. The largest absolute Gasteiger partial charge is 0.497 e. The summed E-state index contributed by atoms with van der Waals surface area (Å²) in [7, 11) is 3.36. The number of piperidine rings is 3. The van der Waals surface area contributed by atoms with Crippen molar-refractivity contribution in [2.45, 2.75) is 83.5 Å². The molecule has 0 atom stereocenters. The van der Waals surface area contributed by atoms with Crippen molar-refractivity contribution in [1.82, 2.24) is 25.8 Å². The number of Topliss-reactive ketones (excluding diaryl/α,β-unsaturated/α-hetero) is 2. The van der Waals surface area contributed by atoms with Crippen LogP contribution in [0, 0.1) is 0 Å². The van der Waals surface area contributed by atoms with Gasteiger partial charge in [0.25, 0.3) is 0 Å². The zero-order valence-electron chi connectivity index (χ0n) is 35.3. The minimum Gasteiger partial charge on any atom is -0.497 e. The molecular formula is C42H69ClN8O8. The van der Waals surface area contributed by atoms with E-state index in [-0.39, 0.29) is 35.9 Å². The van der Waals surface area contributed by atoms with Crippen LogP contribution in [0.15, 0.2) is 48.5 Å². The number of hydrogen-bond donors (Lipinski definition) is 6. The van der Waals surface area contributed by atoms with E-state index in [9.17, 15) is 24.0 Å². The summed E-state index contributed by atoms with van der Waals surface area (Å²) in [6.07, 6.45) is 6.03. The minimum atomic E-state index is -0.336. The Hall–Kier alpha value is -4.16. The molecule has 1 spiro atoms. The number of ether oxygens (including phenoxy) is 3. The van der Waals surface area contributed by atoms with E-state index in [2.05, 4.69) is 60.5 Å². The number of esters is 1. The highest BCUT2D eigenvalue weighted by atomic mass is 35.5. The Morgan fingerprint density at radius 1 is 0.695 bits per heavy atom. The first-order valence-corrected chi connectivity index (χ1v) is 20.3. The molecule has 2 aromatic carbocycles. The average molecular weight is 850 g/mol. The van der Waals surface area contributed by atoms with Crippen molar-refractivity contribution in [2.75, 3.05) is 79.7 Å². The molecule has 4 saturated heterocycles. The lowest BCUT2D eigenvalue weighted by Gasteiger charge is -2.45. The van der Waals surface area contributed by atoms with E-state index >= 15 is 0 Å². The third-order valence-electron chi connectivity index (χ3n) is 9.65. The summed E-state index contributed by atoms with van der Waals surface area (Å²) >= 11 is 0. The third kappa shape index (κ3) is 23.3. The minimum absolute atomic E-state index is 0. The molecule has 9 N–H and O–H groups in total. The van der Waals surface area contributed by atoms with Crippen LogP contribution in [0.3, 0.4) is 0 Å². The molecule has 0 aliphatic carbocycles. The second kappa shape index (κ2) is 30.8. The van der Waals surface area contributed by atoms with E-state index in [1.54, 1.807) is 21.1 Å². The van der Waals surface area contributed by atoms with Crippen LogP contribution in [0.1, 0.15) is 75.8 Å². The zero-order valence-corrected chi connectivity index (χ0v) is 36.1. The molecule has 16 nitrogen and oxygen atoms in total. The number of benzene rings is 2. The summed E-state index contributed by atoms with van der Waals surface area (Å²) in [5.41, 5.74) is 17.1. The lowest BCUT2D eigenvalue weighted by Crippen LogP contribution is -2.66. The molecule has 59 heavy (non-hydrogen) atoms. The number of methoxy groups -OCH3 is 2. The van der Waals surface area contributed by atoms with Crippen molar-refractivity contribution in [3.05, 3.63) is 59.7 Å². The van der Waals surface area contributed by atoms with Gasteiger partial charge in [-0.2, -0.15) is 0 Å². The Morgan fingerprint density at radius 2 is 1.17 bits per heavy atom. The highest BCUT2D eigenvalue weighted by molar-refractivity contribution is 5.85. The summed E-state index contributed by atoms with van der Waals surface area (Å²) in [6, 6.07) is 16.3. The molecule has 332 valence electrons. The first-order chi connectivity index (χ1) is 27.9. The van der Waals surface area contributed by atoms with Gasteiger partial charge in [-0.25, -0.2) is 0 Å². The number of primary amides is 1. The van der Waals surface area contributed by atoms with Gasteiger partial charge < -0.3 is 42.0 Å². The predicted molar refractivity (Wildman–Crippen MR) is 231 cm³/mol. The van der Waals surface area contributed by atoms with E-state index in [4.69, 9.17) is 20.9 Å². The summed E-state index contributed by atoms with van der Waals surface area (Å²) in [6.45, 7) is 11.2. The molecule has 6 rings (SSSR count). The number of halogens is 1. The highest BCUT2D eigenvalue weighted by Gasteiger charge is 2.37. The van der Waals surface area contributed by atoms with Gasteiger partial charge in [0.15, 0.2) is 0 Å². The molecule has 2 aromatic rings. The van der Waals surface area contributed by atoms with Crippen LogP contribution in [-0.2, 0) is 41.8 Å². The second-order valence-corrected chi connectivity index (χ2v) is 14.2. The fourth-order valence-electron chi connectivity index (χ4n) is 6.32. The van der Waals surface area contributed by atoms with Gasteiger partial charge in [-0.1, -0.05) is 24.3 Å². The summed E-state index contributed by atoms with van der Waals surface area (Å²) in [5.74, 6) is 2.21. The zero-order chi connectivity index (χ0) is 42.6. The van der Waals surface area contributed by atoms with Crippen LogP contribution in [0.25, 0.3) is 0 Å². The number of ketones is 2. The molecule has 0 aromatic heterocycles. The van der Waals surface area contributed by atoms with E-state index in [1.807, 2.05) is 24.3 Å². The Labute approximate surface area is 356 Å². The molecule has 2 amide bonds. The molecule has 0 unspecified atom stereocenters. The maximum atomic E-state index is 11.6. The van der Waals surface area contributed by atoms with Crippen LogP contribution in [0.2, 0.25) is 0 Å². The number of nitrogens with one attached hydrogen (secondary N) is 3. The first kappa shape index (κ1) is 52.9. The van der Waals surface area contributed by atoms with Crippen molar-refractivity contribution >= 4 is 41.8 Å². The van der Waals surface area contributed by atoms with Crippen LogP contribution < -0.4 is 42.6 Å². The molecule has 17 heteroatoms. The van der Waals surface area contributed by atoms with E-state index < -0.39 is 0 Å². The van der Waals surface area contributed by atoms with Crippen molar-refractivity contribution in [2.24, 2.45) is 17.2 Å². The van der Waals surface area contributed by atoms with Crippen molar-refractivity contribution in [1.29, 1.82) is 0 Å². The number of likely N-dealkylation sites (tertiary alicyclic amines) is 2. The van der Waals surface area contributed by atoms with Crippen LogP contribution in [0.5, 0.6) is 11.5 Å². The fourth-order valence-corrected chi connectivity index (χ4v) is 6.32. The van der Waals surface area contributed by atoms with Crippen molar-refractivity contribution < 1.29 is 38.2 Å². The number of carbonyl (C=O) groups is 5. The number of hydrogen-bond acceptors (Lipinski definition) is 14. The standard InChI is InChI=1S/C16H23N3O2.C13H17NO2.C5H11NO2.C5H9NO.C3H8N2O.ClH/c1-21-14-4-2-13(3-5-14)12-19-10-7-16(8-11-19)17-9-6-15(20)18-16;1-16-13-4-2-11(3-5-13)10-14-8-6-12(15)7-9-14;1-2-8-5(7)3-4-6;7-5-1-3-6-4-2-5;4-2-1-3(5)6;/h2-5,17H,6-12H2,1H3,(H,18,20);2-5H,6-10H2,1H3;2-4,6H2,1H3;6H,1-4H2;1-2,4H2,(H2,5,6);1H. The Kier molecular flexibility index (Phi) is 27.6. The summed E-state index contributed by atoms with van der Waals surface area (Å²) in [4.78, 5) is 58.0. The van der Waals surface area contributed by atoms with E-state index in [0.29, 0.717) is 63.4 Å². The van der Waals surface area contributed by atoms with E-state index in [1.165, 1.54) is 11.1 Å². The van der Waals surface area contributed by atoms with Gasteiger partial charge in [0.05, 0.1) is 32.9 Å². The smallest absolute Gasteiger partial charge is 0.307 e. The normalized spacial score (nSPS) is 17.3. The fraction of sp³-hybridized carbons (Fsp3) is 0.595. The van der Waals surface area contributed by atoms with Crippen LogP contribution in [-0.4, -0.2) is 125 Å². The van der Waals surface area contributed by atoms with Crippen LogP contribution in [0.4, 0.5) is 0 Å². The molecule has 4 heterocycles. The molecular weight excluding hydrogens is 780 g/mol. The van der Waals surface area contributed by atoms with Crippen molar-refractivity contribution in [3.8, 4) is 11.5 Å². The lowest BCUT2D eigenvalue weighted by molar-refractivity contribution is -0.142. The molecule has 4 aliphatic rings. The van der Waals surface area contributed by atoms with Gasteiger partial charge in [-0.05, 0) is 55.2 Å². The lowest BCUT2D eigenvalue weighted by atomic mass is 9.94. The number of carbonyl (C=O) groups excluding carboxylic acids is 5. The predicted octanol–water partition coefficient (Wildman–Crippen LogP) is 2.04. The summed E-state index contributed by atoms with van der Waals surface area (Å²) < 4.78 is 14.9. The second-order valence-electron chi connectivity index (χ2n) is 14.2. The van der Waals surface area contributed by atoms with Gasteiger partial charge >= 0.3 is 5.97 Å². The maximum Gasteiger partial charge on any atom is 0.307 e. The Balaban J connectivity index is 0.000000403. The monoisotopic (exact) mass is 848 g/mol. The molecule has 4 fully saturated rings. The number of nitrogens with zero attached hydrogens (tertiary/aromatic N) is 2. The van der Waals surface area contributed by atoms with Crippen LogP contribution >= 0.6 is 12.4 Å². The van der Waals surface area contributed by atoms with E-state index in [0.717, 1.165) is 96.1 Å². The number of nitrogens with two attached hydrogens (primary N) is 3.